The van der Waals surface area contributed by atoms with Crippen LogP contribution in [-0.2, 0) is 18.9 Å². The van der Waals surface area contributed by atoms with Crippen molar-refractivity contribution in [2.24, 2.45) is 0 Å². The summed E-state index contributed by atoms with van der Waals surface area (Å²) in [5.41, 5.74) is 0.832. The molecule has 1 aliphatic rings. The highest BCUT2D eigenvalue weighted by Gasteiger charge is 2.57. The van der Waals surface area contributed by atoms with E-state index in [1.807, 2.05) is 0 Å². The molecule has 0 saturated carbocycles. The van der Waals surface area contributed by atoms with Gasteiger partial charge in [-0.05, 0) is 36.4 Å². The van der Waals surface area contributed by atoms with Gasteiger partial charge in [-0.2, -0.15) is 0 Å². The van der Waals surface area contributed by atoms with Crippen LogP contribution >= 0.6 is 0 Å². The lowest BCUT2D eigenvalue weighted by molar-refractivity contribution is -0.218. The number of esters is 3. The van der Waals surface area contributed by atoms with Gasteiger partial charge in [0.2, 0.25) is 5.79 Å². The van der Waals surface area contributed by atoms with Gasteiger partial charge in [0, 0.05) is 6.92 Å². The molecule has 4 atom stereocenters. The summed E-state index contributed by atoms with van der Waals surface area (Å²) in [6.45, 7) is 1.01. The number of aliphatic hydroxyl groups excluding tert-OH is 1. The minimum Gasteiger partial charge on any atom is -0.459 e. The minimum absolute atomic E-state index is 0.251. The quantitative estimate of drug-likeness (QED) is 0.408. The van der Waals surface area contributed by atoms with Crippen molar-refractivity contribution in [3.05, 3.63) is 108 Å². The summed E-state index contributed by atoms with van der Waals surface area (Å²) in [5, 5.41) is 11.0. The minimum atomic E-state index is -1.86. The first kappa shape index (κ1) is 24.1. The van der Waals surface area contributed by atoms with Crippen LogP contribution in [0.5, 0.6) is 0 Å². The van der Waals surface area contributed by atoms with Crippen molar-refractivity contribution in [2.45, 2.75) is 31.0 Å². The van der Waals surface area contributed by atoms with Crippen LogP contribution in [0.25, 0.3) is 0 Å². The van der Waals surface area contributed by atoms with E-state index in [9.17, 15) is 19.5 Å². The average molecular weight is 476 g/mol. The van der Waals surface area contributed by atoms with Crippen LogP contribution in [0.15, 0.2) is 91.0 Å². The van der Waals surface area contributed by atoms with Gasteiger partial charge in [-0.3, -0.25) is 0 Å². The standard InChI is InChI=1S/C27H24O8/c1-27(35-26(31)20-15-9-4-10-16-20)23(28)22(33-25(30)19-13-7-3-8-14-19)21(34-27)17-32-24(29)18-11-5-2-6-12-18/h2-16,21-23,28H,17H2,1H3/t21-,22-,23-,27-/m1/s1. The monoisotopic (exact) mass is 476 g/mol. The molecule has 1 fully saturated rings. The second kappa shape index (κ2) is 10.5. The molecule has 0 amide bonds. The molecule has 180 valence electrons. The molecule has 8 heteroatoms. The molecule has 0 aromatic heterocycles. The van der Waals surface area contributed by atoms with Crippen molar-refractivity contribution in [3.8, 4) is 0 Å². The lowest BCUT2D eigenvalue weighted by atomic mass is 10.1. The Morgan fingerprint density at radius 3 is 1.74 bits per heavy atom. The Balaban J connectivity index is 1.53. The van der Waals surface area contributed by atoms with Gasteiger partial charge in [0.15, 0.2) is 12.2 Å². The Kier molecular flexibility index (Phi) is 7.24. The third-order valence-corrected chi connectivity index (χ3v) is 5.55. The van der Waals surface area contributed by atoms with Gasteiger partial charge in [-0.25, -0.2) is 14.4 Å². The summed E-state index contributed by atoms with van der Waals surface area (Å²) >= 11 is 0. The van der Waals surface area contributed by atoms with Crippen molar-refractivity contribution in [1.82, 2.24) is 0 Å². The summed E-state index contributed by atoms with van der Waals surface area (Å²) in [6.07, 6.45) is -3.93. The summed E-state index contributed by atoms with van der Waals surface area (Å²) in [6, 6.07) is 24.7. The molecule has 1 N–H and O–H groups in total. The number of rotatable bonds is 7. The first-order chi connectivity index (χ1) is 16.9. The lowest BCUT2D eigenvalue weighted by Crippen LogP contribution is -2.45. The highest BCUT2D eigenvalue weighted by molar-refractivity contribution is 5.90. The number of carbonyl (C=O) groups is 3. The molecule has 4 rings (SSSR count). The van der Waals surface area contributed by atoms with E-state index in [4.69, 9.17) is 18.9 Å². The van der Waals surface area contributed by atoms with E-state index in [-0.39, 0.29) is 17.7 Å². The van der Waals surface area contributed by atoms with Gasteiger partial charge in [0.05, 0.1) is 16.7 Å². The number of ether oxygens (including phenoxy) is 4. The van der Waals surface area contributed by atoms with Crippen LogP contribution in [-0.4, -0.2) is 53.7 Å². The van der Waals surface area contributed by atoms with E-state index in [1.54, 1.807) is 91.0 Å². The zero-order valence-electron chi connectivity index (χ0n) is 18.9. The molecule has 1 heterocycles. The van der Waals surface area contributed by atoms with E-state index in [0.717, 1.165) is 0 Å². The number of benzene rings is 3. The molecular formula is C27H24O8. The molecule has 0 unspecified atom stereocenters. The first-order valence-electron chi connectivity index (χ1n) is 11.0. The first-order valence-corrected chi connectivity index (χ1v) is 11.0. The number of carbonyl (C=O) groups excluding carboxylic acids is 3. The summed E-state index contributed by atoms with van der Waals surface area (Å²) in [7, 11) is 0. The smallest absolute Gasteiger partial charge is 0.340 e. The van der Waals surface area contributed by atoms with E-state index in [2.05, 4.69) is 0 Å². The highest BCUT2D eigenvalue weighted by atomic mass is 16.8. The fraction of sp³-hybridized carbons (Fsp3) is 0.222. The van der Waals surface area contributed by atoms with E-state index >= 15 is 0 Å². The maximum atomic E-state index is 12.7. The largest absolute Gasteiger partial charge is 0.459 e. The number of hydrogen-bond acceptors (Lipinski definition) is 8. The van der Waals surface area contributed by atoms with Crippen molar-refractivity contribution < 1.29 is 38.4 Å². The van der Waals surface area contributed by atoms with Gasteiger partial charge < -0.3 is 24.1 Å². The maximum absolute atomic E-state index is 12.7. The number of hydrogen-bond donors (Lipinski definition) is 1. The highest BCUT2D eigenvalue weighted by Crippen LogP contribution is 2.35. The van der Waals surface area contributed by atoms with Crippen LogP contribution in [0.4, 0.5) is 0 Å². The zero-order valence-corrected chi connectivity index (χ0v) is 18.9. The topological polar surface area (TPSA) is 108 Å². The lowest BCUT2D eigenvalue weighted by Gasteiger charge is -2.27. The average Bonchev–Trinajstić information content (AvgIpc) is 3.12. The van der Waals surface area contributed by atoms with Crippen molar-refractivity contribution in [1.29, 1.82) is 0 Å². The zero-order chi connectivity index (χ0) is 24.8. The molecule has 1 saturated heterocycles. The summed E-state index contributed by atoms with van der Waals surface area (Å²) in [5.74, 6) is -3.93. The molecule has 0 aliphatic carbocycles. The number of aliphatic hydroxyl groups is 1. The molecular weight excluding hydrogens is 452 g/mol. The Hall–Kier alpha value is -4.01. The Bertz CT molecular complexity index is 1170. The fourth-order valence-electron chi connectivity index (χ4n) is 3.69. The van der Waals surface area contributed by atoms with Crippen LogP contribution < -0.4 is 0 Å². The van der Waals surface area contributed by atoms with E-state index in [1.165, 1.54) is 6.92 Å². The summed E-state index contributed by atoms with van der Waals surface area (Å²) < 4.78 is 22.2. The normalized spacial score (nSPS) is 23.3. The van der Waals surface area contributed by atoms with E-state index in [0.29, 0.717) is 5.56 Å². The van der Waals surface area contributed by atoms with Crippen LogP contribution in [0.1, 0.15) is 38.0 Å². The molecule has 0 spiro atoms. The van der Waals surface area contributed by atoms with Crippen molar-refractivity contribution in [3.63, 3.8) is 0 Å². The van der Waals surface area contributed by atoms with Gasteiger partial charge in [0.25, 0.3) is 0 Å². The predicted octanol–water partition coefficient (Wildman–Crippen LogP) is 3.40. The molecule has 1 aliphatic heterocycles. The fourth-order valence-corrected chi connectivity index (χ4v) is 3.69. The third kappa shape index (κ3) is 5.56. The molecule has 0 bridgehead atoms. The molecule has 35 heavy (non-hydrogen) atoms. The third-order valence-electron chi connectivity index (χ3n) is 5.55. The maximum Gasteiger partial charge on any atom is 0.340 e. The molecule has 8 nitrogen and oxygen atoms in total. The van der Waals surface area contributed by atoms with Crippen molar-refractivity contribution in [2.75, 3.05) is 6.61 Å². The van der Waals surface area contributed by atoms with Crippen molar-refractivity contribution >= 4 is 17.9 Å². The second-order valence-corrected chi connectivity index (χ2v) is 8.07. The Morgan fingerprint density at radius 2 is 1.23 bits per heavy atom. The molecule has 3 aromatic rings. The SMILES string of the molecule is C[C@]1(OC(=O)c2ccccc2)O[C@H](COC(=O)c2ccccc2)[C@@H](OC(=O)c2ccccc2)[C@H]1O. The summed E-state index contributed by atoms with van der Waals surface area (Å²) in [4.78, 5) is 37.8. The van der Waals surface area contributed by atoms with Crippen LogP contribution in [0, 0.1) is 0 Å². The molecule has 3 aromatic carbocycles. The Morgan fingerprint density at radius 1 is 0.771 bits per heavy atom. The van der Waals surface area contributed by atoms with Gasteiger partial charge in [-0.1, -0.05) is 54.6 Å². The van der Waals surface area contributed by atoms with Gasteiger partial charge in [-0.15, -0.1) is 0 Å². The van der Waals surface area contributed by atoms with E-state index < -0.39 is 42.0 Å². The van der Waals surface area contributed by atoms with Gasteiger partial charge in [0.1, 0.15) is 12.7 Å². The van der Waals surface area contributed by atoms with Crippen LogP contribution in [0.3, 0.4) is 0 Å². The second-order valence-electron chi connectivity index (χ2n) is 8.07. The molecule has 0 radical (unpaired) electrons. The Labute approximate surface area is 202 Å². The van der Waals surface area contributed by atoms with Gasteiger partial charge >= 0.3 is 17.9 Å². The predicted molar refractivity (Wildman–Crippen MR) is 124 cm³/mol. The van der Waals surface area contributed by atoms with Crippen LogP contribution in [0.2, 0.25) is 0 Å².